The van der Waals surface area contributed by atoms with Crippen molar-refractivity contribution in [3.63, 3.8) is 0 Å². The van der Waals surface area contributed by atoms with Crippen LogP contribution in [0, 0.1) is 17.7 Å². The van der Waals surface area contributed by atoms with Gasteiger partial charge in [0.1, 0.15) is 11.6 Å². The lowest BCUT2D eigenvalue weighted by Crippen LogP contribution is -2.57. The Hall–Kier alpha value is -4.77. The zero-order valence-corrected chi connectivity index (χ0v) is 29.3. The fourth-order valence-electron chi connectivity index (χ4n) is 7.84. The number of hydrogen-bond donors (Lipinski definition) is 3. The minimum atomic E-state index is -0.699. The highest BCUT2D eigenvalue weighted by Gasteiger charge is 2.39. The van der Waals surface area contributed by atoms with Crippen LogP contribution in [0.5, 0.6) is 5.75 Å². The summed E-state index contributed by atoms with van der Waals surface area (Å²) in [5.74, 6) is -0.130. The molecule has 270 valence electrons. The van der Waals surface area contributed by atoms with Crippen molar-refractivity contribution in [3.05, 3.63) is 101 Å². The Labute approximate surface area is 299 Å². The van der Waals surface area contributed by atoms with Crippen molar-refractivity contribution < 1.29 is 28.3 Å². The molecule has 3 aromatic carbocycles. The van der Waals surface area contributed by atoms with Crippen LogP contribution in [0.3, 0.4) is 0 Å². The van der Waals surface area contributed by atoms with Crippen LogP contribution < -0.4 is 20.7 Å². The number of benzene rings is 3. The van der Waals surface area contributed by atoms with Crippen LogP contribution in [0.4, 0.5) is 4.39 Å². The van der Waals surface area contributed by atoms with Gasteiger partial charge in [0.25, 0.3) is 5.91 Å². The van der Waals surface area contributed by atoms with Gasteiger partial charge in [-0.1, -0.05) is 36.4 Å². The monoisotopic (exact) mass is 697 g/mol. The van der Waals surface area contributed by atoms with Crippen molar-refractivity contribution in [2.45, 2.75) is 63.6 Å². The number of hydrogen-bond acceptors (Lipinski definition) is 6. The molecule has 0 radical (unpaired) electrons. The number of amides is 4. The van der Waals surface area contributed by atoms with Crippen LogP contribution in [0.1, 0.15) is 65.6 Å². The number of likely N-dealkylation sites (tertiary alicyclic amines) is 2. The quantitative estimate of drug-likeness (QED) is 0.376. The van der Waals surface area contributed by atoms with Crippen molar-refractivity contribution >= 4 is 23.6 Å². The maximum atomic E-state index is 13.6. The highest BCUT2D eigenvalue weighted by Crippen LogP contribution is 2.31. The molecule has 3 heterocycles. The average Bonchev–Trinajstić information content (AvgIpc) is 3.12. The second-order valence-corrected chi connectivity index (χ2v) is 14.3. The smallest absolute Gasteiger partial charge is 0.253 e. The van der Waals surface area contributed by atoms with Gasteiger partial charge in [0.05, 0.1) is 19.1 Å². The zero-order chi connectivity index (χ0) is 35.8. The summed E-state index contributed by atoms with van der Waals surface area (Å²) in [7, 11) is 1.66. The molecule has 10 nitrogen and oxygen atoms in total. The molecule has 0 unspecified atom stereocenters. The topological polar surface area (TPSA) is 120 Å². The molecular formula is C40H48FN5O5. The number of ether oxygens (including phenoxy) is 1. The molecule has 11 heteroatoms. The molecule has 3 N–H and O–H groups in total. The van der Waals surface area contributed by atoms with E-state index in [1.807, 2.05) is 42.5 Å². The number of carbonyl (C=O) groups is 4. The van der Waals surface area contributed by atoms with E-state index < -0.39 is 11.4 Å². The summed E-state index contributed by atoms with van der Waals surface area (Å²) in [5, 5.41) is 9.47. The number of nitrogens with zero attached hydrogens (tertiary/aromatic N) is 2. The van der Waals surface area contributed by atoms with Crippen LogP contribution in [-0.2, 0) is 33.9 Å². The van der Waals surface area contributed by atoms with E-state index in [0.717, 1.165) is 42.1 Å². The Balaban J connectivity index is 1.18. The van der Waals surface area contributed by atoms with E-state index in [9.17, 15) is 23.6 Å². The maximum absolute atomic E-state index is 13.6. The fourth-order valence-corrected chi connectivity index (χ4v) is 7.84. The zero-order valence-electron chi connectivity index (χ0n) is 29.3. The summed E-state index contributed by atoms with van der Waals surface area (Å²) >= 11 is 0. The lowest BCUT2D eigenvalue weighted by atomic mass is 9.80. The molecule has 3 aromatic rings. The number of fused-ring (bicyclic) bond motifs is 2. The first-order valence-electron chi connectivity index (χ1n) is 18.0. The third kappa shape index (κ3) is 9.52. The minimum Gasteiger partial charge on any atom is -0.497 e. The summed E-state index contributed by atoms with van der Waals surface area (Å²) in [6.45, 7) is 3.80. The molecule has 2 atom stereocenters. The van der Waals surface area contributed by atoms with Gasteiger partial charge in [-0.2, -0.15) is 0 Å². The van der Waals surface area contributed by atoms with Crippen LogP contribution in [0.25, 0.3) is 0 Å². The summed E-state index contributed by atoms with van der Waals surface area (Å²) in [6.07, 6.45) is 3.09. The molecule has 2 fully saturated rings. The second kappa shape index (κ2) is 16.5. The van der Waals surface area contributed by atoms with Crippen molar-refractivity contribution in [2.24, 2.45) is 11.8 Å². The number of piperidine rings is 2. The van der Waals surface area contributed by atoms with Crippen LogP contribution in [-0.4, -0.2) is 78.8 Å². The highest BCUT2D eigenvalue weighted by atomic mass is 19.1. The summed E-state index contributed by atoms with van der Waals surface area (Å²) in [4.78, 5) is 58.0. The summed E-state index contributed by atoms with van der Waals surface area (Å²) < 4.78 is 18.9. The predicted molar refractivity (Wildman–Crippen MR) is 191 cm³/mol. The van der Waals surface area contributed by atoms with Crippen molar-refractivity contribution in [2.75, 3.05) is 39.8 Å². The summed E-state index contributed by atoms with van der Waals surface area (Å²) in [6, 6.07) is 21.2. The van der Waals surface area contributed by atoms with E-state index in [-0.39, 0.29) is 48.3 Å². The number of rotatable bonds is 4. The predicted octanol–water partition coefficient (Wildman–Crippen LogP) is 4.22. The van der Waals surface area contributed by atoms with E-state index in [2.05, 4.69) is 26.9 Å². The molecule has 0 saturated carbocycles. The molecule has 51 heavy (non-hydrogen) atoms. The summed E-state index contributed by atoms with van der Waals surface area (Å²) in [5.41, 5.74) is 2.57. The molecule has 1 spiro atoms. The van der Waals surface area contributed by atoms with Crippen molar-refractivity contribution in [1.82, 2.24) is 25.8 Å². The number of halogens is 1. The van der Waals surface area contributed by atoms with Crippen molar-refractivity contribution in [3.8, 4) is 5.75 Å². The van der Waals surface area contributed by atoms with E-state index >= 15 is 0 Å². The van der Waals surface area contributed by atoms with Gasteiger partial charge in [-0.05, 0) is 90.6 Å². The Morgan fingerprint density at radius 1 is 0.863 bits per heavy atom. The van der Waals surface area contributed by atoms with E-state index in [0.29, 0.717) is 63.8 Å². The van der Waals surface area contributed by atoms with Gasteiger partial charge in [-0.25, -0.2) is 4.39 Å². The Morgan fingerprint density at radius 3 is 2.39 bits per heavy atom. The molecule has 0 bridgehead atoms. The molecule has 3 aliphatic rings. The fraction of sp³-hybridized carbons (Fsp3) is 0.450. The van der Waals surface area contributed by atoms with Crippen LogP contribution >= 0.6 is 0 Å². The van der Waals surface area contributed by atoms with E-state index in [4.69, 9.17) is 4.74 Å². The second-order valence-electron chi connectivity index (χ2n) is 14.3. The Kier molecular flexibility index (Phi) is 11.7. The SMILES string of the molecule is COc1cccc(CN2CCC3(CC2)CC(=O)NCC[C@H]2CN(C(=O)c4ccc(F)cc4)CC[C@H]2CC(=O)NCc2ccccc2CC(=O)N3)c1. The average molecular weight is 698 g/mol. The molecule has 0 aromatic heterocycles. The van der Waals surface area contributed by atoms with Gasteiger partial charge in [0.2, 0.25) is 17.7 Å². The number of methoxy groups -OCH3 is 1. The normalized spacial score (nSPS) is 22.1. The standard InChI is InChI=1S/C40H48FN5O5/c1-51-35-8-4-5-28(21-35)26-45-19-15-40(16-20-45)24-38(49)42-17-13-33-27-46(39(50)29-9-11-34(41)12-10-29)18-14-31(33)22-36(47)43-25-32-7-3-2-6-30(32)23-37(48)44-40/h2-12,21,31,33H,13-20,22-27H2,1H3,(H,42,49)(H,43,47)(H,44,48)/t31-,33-/m0/s1. The van der Waals surface area contributed by atoms with Gasteiger partial charge in [-0.15, -0.1) is 0 Å². The van der Waals surface area contributed by atoms with E-state index in [1.165, 1.54) is 24.3 Å². The minimum absolute atomic E-state index is 0.0218. The molecule has 2 saturated heterocycles. The van der Waals surface area contributed by atoms with Crippen molar-refractivity contribution in [1.29, 1.82) is 0 Å². The number of carbonyl (C=O) groups excluding carboxylic acids is 4. The van der Waals surface area contributed by atoms with E-state index in [1.54, 1.807) is 12.0 Å². The van der Waals surface area contributed by atoms with Crippen LogP contribution in [0.2, 0.25) is 0 Å². The molecular weight excluding hydrogens is 649 g/mol. The Bertz CT molecular complexity index is 1710. The third-order valence-electron chi connectivity index (χ3n) is 10.8. The van der Waals surface area contributed by atoms with Gasteiger partial charge in [0, 0.05) is 64.2 Å². The van der Waals surface area contributed by atoms with Gasteiger partial charge in [0.15, 0.2) is 0 Å². The first-order valence-corrected chi connectivity index (χ1v) is 18.0. The van der Waals surface area contributed by atoms with Gasteiger partial charge >= 0.3 is 0 Å². The van der Waals surface area contributed by atoms with Gasteiger partial charge < -0.3 is 25.6 Å². The van der Waals surface area contributed by atoms with Crippen LogP contribution in [0.15, 0.2) is 72.8 Å². The molecule has 3 aliphatic heterocycles. The maximum Gasteiger partial charge on any atom is 0.253 e. The Morgan fingerprint density at radius 2 is 1.63 bits per heavy atom. The molecule has 4 amide bonds. The van der Waals surface area contributed by atoms with Gasteiger partial charge in [-0.3, -0.25) is 24.1 Å². The lowest BCUT2D eigenvalue weighted by molar-refractivity contribution is -0.127. The third-order valence-corrected chi connectivity index (χ3v) is 10.8. The molecule has 6 rings (SSSR count). The largest absolute Gasteiger partial charge is 0.497 e. The molecule has 0 aliphatic carbocycles. The first-order chi connectivity index (χ1) is 24.7. The highest BCUT2D eigenvalue weighted by molar-refractivity contribution is 5.94. The first kappa shape index (κ1) is 36.0. The lowest BCUT2D eigenvalue weighted by Gasteiger charge is -2.42. The number of nitrogens with one attached hydrogen (secondary N) is 3.